The molecule has 1 aromatic rings. The van der Waals surface area contributed by atoms with Crippen molar-refractivity contribution in [1.82, 2.24) is 0 Å². The maximum Gasteiger partial charge on any atom is 0.0114 e. The van der Waals surface area contributed by atoms with Crippen molar-refractivity contribution in [3.05, 3.63) is 53.6 Å². The van der Waals surface area contributed by atoms with Gasteiger partial charge >= 0.3 is 0 Å². The molecule has 0 radical (unpaired) electrons. The molecule has 0 unspecified atom stereocenters. The van der Waals surface area contributed by atoms with E-state index < -0.39 is 0 Å². The van der Waals surface area contributed by atoms with Crippen LogP contribution in [-0.4, -0.2) is 0 Å². The largest absolute Gasteiger partial charge is 0.0622 e. The third-order valence-electron chi connectivity index (χ3n) is 3.39. The highest BCUT2D eigenvalue weighted by molar-refractivity contribution is 5.77. The average Bonchev–Trinajstić information content (AvgIpc) is 2.54. The fourth-order valence-corrected chi connectivity index (χ4v) is 2.41. The maximum absolute atomic E-state index is 2.31. The van der Waals surface area contributed by atoms with E-state index in [0.717, 1.165) is 6.42 Å². The first-order valence-corrected chi connectivity index (χ1v) is 5.63. The monoisotopic (exact) mass is 198 g/mol. The average molecular weight is 198 g/mol. The predicted octanol–water partition coefficient (Wildman–Crippen LogP) is 4.45. The predicted molar refractivity (Wildman–Crippen MR) is 66.6 cm³/mol. The minimum Gasteiger partial charge on any atom is -0.0622 e. The lowest BCUT2D eigenvalue weighted by Crippen LogP contribution is -2.13. The number of hydrogen-bond acceptors (Lipinski definition) is 0. The molecule has 0 N–H and O–H groups in total. The molecule has 0 heterocycles. The third kappa shape index (κ3) is 1.65. The van der Waals surface area contributed by atoms with Crippen LogP contribution < -0.4 is 0 Å². The Morgan fingerprint density at radius 1 is 1.00 bits per heavy atom. The molecule has 2 rings (SSSR count). The smallest absolute Gasteiger partial charge is 0.0114 e. The number of allylic oxidation sites excluding steroid dienone is 4. The van der Waals surface area contributed by atoms with Crippen molar-refractivity contribution in [3.8, 4) is 0 Å². The van der Waals surface area contributed by atoms with E-state index in [1.165, 1.54) is 16.7 Å². The van der Waals surface area contributed by atoms with E-state index in [1.54, 1.807) is 0 Å². The minimum atomic E-state index is 0.204. The molecular weight excluding hydrogens is 180 g/mol. The molecular formula is C15H18. The second-order valence-corrected chi connectivity index (χ2v) is 4.62. The van der Waals surface area contributed by atoms with Crippen LogP contribution in [0.4, 0.5) is 0 Å². The summed E-state index contributed by atoms with van der Waals surface area (Å²) < 4.78 is 0. The minimum absolute atomic E-state index is 0.204. The SMILES string of the molecule is CCC1=CC=C(c2ccccc2)C1(C)C. The van der Waals surface area contributed by atoms with Crippen molar-refractivity contribution in [3.63, 3.8) is 0 Å². The van der Waals surface area contributed by atoms with Crippen molar-refractivity contribution in [2.24, 2.45) is 5.41 Å². The lowest BCUT2D eigenvalue weighted by Gasteiger charge is -2.27. The van der Waals surface area contributed by atoms with E-state index in [2.05, 4.69) is 63.3 Å². The summed E-state index contributed by atoms with van der Waals surface area (Å²) in [5, 5.41) is 0. The Hall–Kier alpha value is -1.30. The van der Waals surface area contributed by atoms with Crippen molar-refractivity contribution in [1.29, 1.82) is 0 Å². The van der Waals surface area contributed by atoms with Gasteiger partial charge in [-0.2, -0.15) is 0 Å². The second-order valence-electron chi connectivity index (χ2n) is 4.62. The molecule has 0 saturated heterocycles. The van der Waals surface area contributed by atoms with Crippen molar-refractivity contribution >= 4 is 5.57 Å². The van der Waals surface area contributed by atoms with Crippen LogP contribution in [0.5, 0.6) is 0 Å². The topological polar surface area (TPSA) is 0 Å². The van der Waals surface area contributed by atoms with E-state index in [9.17, 15) is 0 Å². The standard InChI is InChI=1S/C15H18/c1-4-13-10-11-14(15(13,2)3)12-8-6-5-7-9-12/h5-11H,4H2,1-3H3. The van der Waals surface area contributed by atoms with Gasteiger partial charge in [0.2, 0.25) is 0 Å². The Morgan fingerprint density at radius 3 is 2.20 bits per heavy atom. The van der Waals surface area contributed by atoms with Gasteiger partial charge in [0, 0.05) is 5.41 Å². The zero-order valence-corrected chi connectivity index (χ0v) is 9.75. The van der Waals surface area contributed by atoms with E-state index in [1.807, 2.05) is 0 Å². The van der Waals surface area contributed by atoms with Crippen LogP contribution >= 0.6 is 0 Å². The van der Waals surface area contributed by atoms with E-state index in [0.29, 0.717) is 0 Å². The van der Waals surface area contributed by atoms with Crippen molar-refractivity contribution < 1.29 is 0 Å². The first-order valence-electron chi connectivity index (χ1n) is 5.63. The summed E-state index contributed by atoms with van der Waals surface area (Å²) in [6, 6.07) is 10.7. The highest BCUT2D eigenvalue weighted by Gasteiger charge is 2.30. The van der Waals surface area contributed by atoms with Crippen molar-refractivity contribution in [2.75, 3.05) is 0 Å². The molecule has 0 aliphatic heterocycles. The van der Waals surface area contributed by atoms with Gasteiger partial charge in [-0.25, -0.2) is 0 Å². The molecule has 78 valence electrons. The van der Waals surface area contributed by atoms with Crippen LogP contribution in [0.1, 0.15) is 32.8 Å². The molecule has 0 amide bonds. The molecule has 0 fully saturated rings. The normalized spacial score (nSPS) is 18.6. The summed E-state index contributed by atoms with van der Waals surface area (Å²) in [4.78, 5) is 0. The van der Waals surface area contributed by atoms with Gasteiger partial charge in [-0.15, -0.1) is 0 Å². The van der Waals surface area contributed by atoms with Crippen LogP contribution in [-0.2, 0) is 0 Å². The molecule has 0 spiro atoms. The van der Waals surface area contributed by atoms with Crippen LogP contribution in [0.25, 0.3) is 5.57 Å². The summed E-state index contributed by atoms with van der Waals surface area (Å²) in [7, 11) is 0. The molecule has 15 heavy (non-hydrogen) atoms. The number of rotatable bonds is 2. The molecule has 0 bridgehead atoms. The summed E-state index contributed by atoms with van der Waals surface area (Å²) in [6.07, 6.45) is 5.69. The third-order valence-corrected chi connectivity index (χ3v) is 3.39. The van der Waals surface area contributed by atoms with Gasteiger partial charge in [-0.05, 0) is 17.6 Å². The first kappa shape index (κ1) is 10.2. The number of benzene rings is 1. The summed E-state index contributed by atoms with van der Waals surface area (Å²) in [5.74, 6) is 0. The zero-order valence-electron chi connectivity index (χ0n) is 9.75. The number of hydrogen-bond donors (Lipinski definition) is 0. The highest BCUT2D eigenvalue weighted by atomic mass is 14.3. The van der Waals surface area contributed by atoms with Crippen LogP contribution in [0.3, 0.4) is 0 Å². The van der Waals surface area contributed by atoms with Gasteiger partial charge in [0.15, 0.2) is 0 Å². The van der Waals surface area contributed by atoms with Gasteiger partial charge in [-0.3, -0.25) is 0 Å². The Bertz CT molecular complexity index is 405. The van der Waals surface area contributed by atoms with Crippen LogP contribution in [0, 0.1) is 5.41 Å². The molecule has 0 aromatic heterocycles. The first-order chi connectivity index (χ1) is 7.16. The summed E-state index contributed by atoms with van der Waals surface area (Å²) in [5.41, 5.74) is 4.53. The summed E-state index contributed by atoms with van der Waals surface area (Å²) in [6.45, 7) is 6.86. The Labute approximate surface area is 92.3 Å². The van der Waals surface area contributed by atoms with Crippen LogP contribution in [0.2, 0.25) is 0 Å². The molecule has 0 saturated carbocycles. The Balaban J connectivity index is 2.37. The molecule has 1 aromatic carbocycles. The Morgan fingerprint density at radius 2 is 1.67 bits per heavy atom. The quantitative estimate of drug-likeness (QED) is 0.658. The maximum atomic E-state index is 2.31. The van der Waals surface area contributed by atoms with Gasteiger partial charge in [0.25, 0.3) is 0 Å². The molecule has 0 atom stereocenters. The van der Waals surface area contributed by atoms with Crippen molar-refractivity contribution in [2.45, 2.75) is 27.2 Å². The molecule has 1 aliphatic rings. The Kier molecular flexibility index (Phi) is 2.52. The van der Waals surface area contributed by atoms with Gasteiger partial charge < -0.3 is 0 Å². The lowest BCUT2D eigenvalue weighted by atomic mass is 9.77. The fourth-order valence-electron chi connectivity index (χ4n) is 2.41. The fraction of sp³-hybridized carbons (Fsp3) is 0.333. The summed E-state index contributed by atoms with van der Waals surface area (Å²) >= 11 is 0. The van der Waals surface area contributed by atoms with E-state index in [4.69, 9.17) is 0 Å². The second kappa shape index (κ2) is 3.69. The van der Waals surface area contributed by atoms with Gasteiger partial charge in [0.05, 0.1) is 0 Å². The van der Waals surface area contributed by atoms with Gasteiger partial charge in [0.1, 0.15) is 0 Å². The zero-order chi connectivity index (χ0) is 10.9. The van der Waals surface area contributed by atoms with Gasteiger partial charge in [-0.1, -0.05) is 68.8 Å². The van der Waals surface area contributed by atoms with Crippen LogP contribution in [0.15, 0.2) is 48.1 Å². The van der Waals surface area contributed by atoms with E-state index in [-0.39, 0.29) is 5.41 Å². The lowest BCUT2D eigenvalue weighted by molar-refractivity contribution is 0.590. The highest BCUT2D eigenvalue weighted by Crippen LogP contribution is 2.45. The molecule has 0 nitrogen and oxygen atoms in total. The molecule has 1 aliphatic carbocycles. The molecule has 0 heteroatoms. The van der Waals surface area contributed by atoms with E-state index >= 15 is 0 Å².